The molecular weight excluding hydrogens is 266 g/mol. The van der Waals surface area contributed by atoms with Crippen LogP contribution in [0.15, 0.2) is 59.8 Å². The molecule has 0 saturated heterocycles. The summed E-state index contributed by atoms with van der Waals surface area (Å²) < 4.78 is 0. The lowest BCUT2D eigenvalue weighted by Crippen LogP contribution is -2.09. The lowest BCUT2D eigenvalue weighted by atomic mass is 10.1. The summed E-state index contributed by atoms with van der Waals surface area (Å²) in [7, 11) is 0. The molecule has 2 aromatic carbocycles. The third kappa shape index (κ3) is 2.02. The minimum Gasteiger partial charge on any atom is -0.377 e. The Kier molecular flexibility index (Phi) is 2.81. The average Bonchev–Trinajstić information content (AvgIpc) is 2.91. The molecule has 0 aliphatic carbocycles. The number of fused-ring (bicyclic) bond motifs is 2. The number of anilines is 1. The van der Waals surface area contributed by atoms with Crippen LogP contribution in [-0.2, 0) is 0 Å². The van der Waals surface area contributed by atoms with Gasteiger partial charge in [-0.05, 0) is 29.8 Å². The Morgan fingerprint density at radius 3 is 2.80 bits per heavy atom. The molecule has 1 N–H and O–H groups in total. The predicted octanol–water partition coefficient (Wildman–Crippen LogP) is 3.89. The summed E-state index contributed by atoms with van der Waals surface area (Å²) in [6, 6.07) is 15.1. The van der Waals surface area contributed by atoms with Crippen LogP contribution in [0.25, 0.3) is 11.0 Å². The van der Waals surface area contributed by atoms with Crippen molar-refractivity contribution in [2.24, 2.45) is 0 Å². The molecule has 20 heavy (non-hydrogen) atoms. The summed E-state index contributed by atoms with van der Waals surface area (Å²) in [5.74, 6) is 1.07. The lowest BCUT2D eigenvalue weighted by Gasteiger charge is -2.15. The minimum atomic E-state index is 0.366. The third-order valence-electron chi connectivity index (χ3n) is 3.51. The Balaban J connectivity index is 1.65. The summed E-state index contributed by atoms with van der Waals surface area (Å²) in [6.07, 6.45) is 3.45. The minimum absolute atomic E-state index is 0.366. The van der Waals surface area contributed by atoms with E-state index in [0.717, 1.165) is 22.5 Å². The highest BCUT2D eigenvalue weighted by molar-refractivity contribution is 7.99. The van der Waals surface area contributed by atoms with Crippen molar-refractivity contribution in [1.82, 2.24) is 9.97 Å². The summed E-state index contributed by atoms with van der Waals surface area (Å²) in [6.45, 7) is 0. The Morgan fingerprint density at radius 1 is 1.00 bits per heavy atom. The molecule has 0 amide bonds. The highest BCUT2D eigenvalue weighted by atomic mass is 32.2. The number of hydrogen-bond donors (Lipinski definition) is 1. The summed E-state index contributed by atoms with van der Waals surface area (Å²) in [5.41, 5.74) is 4.34. The van der Waals surface area contributed by atoms with E-state index in [0.29, 0.717) is 6.04 Å². The molecule has 1 aliphatic heterocycles. The Hall–Kier alpha value is -2.07. The molecule has 0 saturated carbocycles. The van der Waals surface area contributed by atoms with Crippen molar-refractivity contribution >= 4 is 28.5 Å². The second-order valence-electron chi connectivity index (χ2n) is 4.81. The van der Waals surface area contributed by atoms with Gasteiger partial charge >= 0.3 is 0 Å². The van der Waals surface area contributed by atoms with E-state index in [2.05, 4.69) is 51.7 Å². The van der Waals surface area contributed by atoms with Gasteiger partial charge < -0.3 is 5.32 Å². The number of thioether (sulfide) groups is 1. The van der Waals surface area contributed by atoms with Crippen molar-refractivity contribution in [2.75, 3.05) is 11.1 Å². The van der Waals surface area contributed by atoms with Gasteiger partial charge in [-0.15, -0.1) is 11.8 Å². The number of nitrogens with zero attached hydrogens (tertiary/aromatic N) is 2. The van der Waals surface area contributed by atoms with Crippen LogP contribution < -0.4 is 5.32 Å². The van der Waals surface area contributed by atoms with Crippen molar-refractivity contribution in [1.29, 1.82) is 0 Å². The monoisotopic (exact) mass is 279 g/mol. The predicted molar refractivity (Wildman–Crippen MR) is 83.1 cm³/mol. The van der Waals surface area contributed by atoms with Crippen molar-refractivity contribution in [3.63, 3.8) is 0 Å². The van der Waals surface area contributed by atoms with Crippen LogP contribution in [0.5, 0.6) is 0 Å². The molecule has 0 spiro atoms. The summed E-state index contributed by atoms with van der Waals surface area (Å²) in [5, 5.41) is 3.60. The highest BCUT2D eigenvalue weighted by Crippen LogP contribution is 2.39. The first-order valence-electron chi connectivity index (χ1n) is 6.59. The van der Waals surface area contributed by atoms with E-state index < -0.39 is 0 Å². The molecule has 0 radical (unpaired) electrons. The molecule has 3 nitrogen and oxygen atoms in total. The maximum Gasteiger partial charge on any atom is 0.0907 e. The van der Waals surface area contributed by atoms with Gasteiger partial charge in [0.25, 0.3) is 0 Å². The Labute approximate surface area is 121 Å². The first-order valence-corrected chi connectivity index (χ1v) is 7.58. The van der Waals surface area contributed by atoms with Crippen LogP contribution in [-0.4, -0.2) is 15.7 Å². The molecule has 3 aromatic rings. The van der Waals surface area contributed by atoms with Crippen LogP contribution in [0.2, 0.25) is 0 Å². The molecular formula is C16H13N3S. The zero-order valence-corrected chi connectivity index (χ0v) is 11.6. The topological polar surface area (TPSA) is 37.8 Å². The molecule has 98 valence electrons. The van der Waals surface area contributed by atoms with Crippen molar-refractivity contribution in [3.05, 3.63) is 60.4 Å². The molecule has 1 atom stereocenters. The van der Waals surface area contributed by atoms with Gasteiger partial charge in [0.05, 0.1) is 17.1 Å². The lowest BCUT2D eigenvalue weighted by molar-refractivity contribution is 0.900. The highest BCUT2D eigenvalue weighted by Gasteiger charge is 2.22. The van der Waals surface area contributed by atoms with Gasteiger partial charge in [-0.1, -0.05) is 18.2 Å². The van der Waals surface area contributed by atoms with Gasteiger partial charge in [0, 0.05) is 28.7 Å². The van der Waals surface area contributed by atoms with Crippen LogP contribution in [0.3, 0.4) is 0 Å². The van der Waals surface area contributed by atoms with Crippen molar-refractivity contribution in [3.8, 4) is 0 Å². The van der Waals surface area contributed by atoms with Crippen LogP contribution >= 0.6 is 11.8 Å². The van der Waals surface area contributed by atoms with E-state index in [4.69, 9.17) is 0 Å². The molecule has 4 heteroatoms. The summed E-state index contributed by atoms with van der Waals surface area (Å²) in [4.78, 5) is 10.0. The standard InChI is InChI=1S/C16H13N3S/c1-2-4-16-12(3-1)15(10-20-16)19-11-5-6-13-14(9-11)18-8-7-17-13/h1-9,15,19H,10H2. The van der Waals surface area contributed by atoms with Gasteiger partial charge in [-0.25, -0.2) is 0 Å². The molecule has 1 unspecified atom stereocenters. The second-order valence-corrected chi connectivity index (χ2v) is 5.87. The zero-order valence-electron chi connectivity index (χ0n) is 10.8. The van der Waals surface area contributed by atoms with Gasteiger partial charge in [0.1, 0.15) is 0 Å². The second kappa shape index (κ2) is 4.80. The van der Waals surface area contributed by atoms with E-state index in [1.165, 1.54) is 10.5 Å². The van der Waals surface area contributed by atoms with Crippen LogP contribution in [0.4, 0.5) is 5.69 Å². The van der Waals surface area contributed by atoms with Gasteiger partial charge in [-0.2, -0.15) is 0 Å². The molecule has 1 aromatic heterocycles. The third-order valence-corrected chi connectivity index (χ3v) is 4.69. The van der Waals surface area contributed by atoms with E-state index >= 15 is 0 Å². The number of benzene rings is 2. The van der Waals surface area contributed by atoms with E-state index in [9.17, 15) is 0 Å². The van der Waals surface area contributed by atoms with Crippen LogP contribution in [0, 0.1) is 0 Å². The van der Waals surface area contributed by atoms with Crippen molar-refractivity contribution < 1.29 is 0 Å². The average molecular weight is 279 g/mol. The van der Waals surface area contributed by atoms with Gasteiger partial charge in [0.2, 0.25) is 0 Å². The SMILES string of the molecule is c1ccc2c(c1)SCC2Nc1ccc2nccnc2c1. The van der Waals surface area contributed by atoms with Crippen molar-refractivity contribution in [2.45, 2.75) is 10.9 Å². The number of hydrogen-bond acceptors (Lipinski definition) is 4. The fraction of sp³-hybridized carbons (Fsp3) is 0.125. The molecule has 2 heterocycles. The molecule has 4 rings (SSSR count). The number of rotatable bonds is 2. The Bertz CT molecular complexity index is 772. The molecule has 0 bridgehead atoms. The van der Waals surface area contributed by atoms with Gasteiger partial charge in [0.15, 0.2) is 0 Å². The number of nitrogens with one attached hydrogen (secondary N) is 1. The normalized spacial score (nSPS) is 17.1. The Morgan fingerprint density at radius 2 is 1.85 bits per heavy atom. The maximum atomic E-state index is 4.35. The fourth-order valence-corrected chi connectivity index (χ4v) is 3.70. The molecule has 0 fully saturated rings. The molecule has 1 aliphatic rings. The van der Waals surface area contributed by atoms with Crippen LogP contribution in [0.1, 0.15) is 11.6 Å². The smallest absolute Gasteiger partial charge is 0.0907 e. The summed E-state index contributed by atoms with van der Waals surface area (Å²) >= 11 is 1.91. The first-order chi connectivity index (χ1) is 9.90. The quantitative estimate of drug-likeness (QED) is 0.772. The zero-order chi connectivity index (χ0) is 13.4. The van der Waals surface area contributed by atoms with E-state index in [1.807, 2.05) is 17.8 Å². The van der Waals surface area contributed by atoms with E-state index in [-0.39, 0.29) is 0 Å². The number of aromatic nitrogens is 2. The van der Waals surface area contributed by atoms with Gasteiger partial charge in [-0.3, -0.25) is 9.97 Å². The van der Waals surface area contributed by atoms with E-state index in [1.54, 1.807) is 12.4 Å². The first kappa shape index (κ1) is 11.7. The largest absolute Gasteiger partial charge is 0.377 e. The maximum absolute atomic E-state index is 4.35. The fourth-order valence-electron chi connectivity index (χ4n) is 2.54.